The molecule has 38 heavy (non-hydrogen) atoms. The highest BCUT2D eigenvalue weighted by atomic mass is 16.3. The summed E-state index contributed by atoms with van der Waals surface area (Å²) in [7, 11) is 2.13. The molecule has 5 rings (SSSR count). The molecule has 194 valence electrons. The van der Waals surface area contributed by atoms with Crippen LogP contribution in [0.3, 0.4) is 0 Å². The van der Waals surface area contributed by atoms with E-state index in [9.17, 15) is 14.7 Å². The average molecular weight is 513 g/mol. The summed E-state index contributed by atoms with van der Waals surface area (Å²) < 4.78 is 0. The van der Waals surface area contributed by atoms with Gasteiger partial charge in [-0.25, -0.2) is 4.98 Å². The van der Waals surface area contributed by atoms with Gasteiger partial charge in [-0.3, -0.25) is 9.59 Å². The average Bonchev–Trinajstić information content (AvgIpc) is 2.93. The van der Waals surface area contributed by atoms with E-state index in [4.69, 9.17) is 0 Å². The van der Waals surface area contributed by atoms with Gasteiger partial charge in [0.15, 0.2) is 5.65 Å². The first-order valence-electron chi connectivity index (χ1n) is 12.2. The number of carbonyl (C=O) groups excluding carboxylic acids is 1. The lowest BCUT2D eigenvalue weighted by atomic mass is 10.1. The maximum Gasteiger partial charge on any atom is 0.284 e. The summed E-state index contributed by atoms with van der Waals surface area (Å²) >= 11 is 0. The van der Waals surface area contributed by atoms with Crippen molar-refractivity contribution in [1.29, 1.82) is 0 Å². The monoisotopic (exact) mass is 512 g/mol. The number of aromatic amines is 1. The molecule has 0 unspecified atom stereocenters. The molecule has 0 bridgehead atoms. The van der Waals surface area contributed by atoms with Crippen LogP contribution < -0.4 is 21.1 Å². The van der Waals surface area contributed by atoms with E-state index in [1.165, 1.54) is 6.08 Å². The fourth-order valence-corrected chi connectivity index (χ4v) is 4.32. The summed E-state index contributed by atoms with van der Waals surface area (Å²) in [5, 5.41) is 15.7. The quantitative estimate of drug-likeness (QED) is 0.275. The second-order valence-corrected chi connectivity index (χ2v) is 9.00. The van der Waals surface area contributed by atoms with Crippen LogP contribution in [0, 0.1) is 0 Å². The van der Waals surface area contributed by atoms with E-state index >= 15 is 0 Å². The molecule has 0 saturated carbocycles. The summed E-state index contributed by atoms with van der Waals surface area (Å²) in [5.74, 6) is -0.00285. The third kappa shape index (κ3) is 5.38. The number of carbonyl (C=O) groups is 1. The topological polar surface area (TPSA) is 139 Å². The Balaban J connectivity index is 1.52. The number of nitrogens with one attached hydrogen (secondary N) is 3. The Bertz CT molecular complexity index is 1540. The number of hydrogen-bond acceptors (Lipinski definition) is 9. The van der Waals surface area contributed by atoms with E-state index in [-0.39, 0.29) is 28.7 Å². The van der Waals surface area contributed by atoms with Crippen molar-refractivity contribution >= 4 is 40.0 Å². The minimum atomic E-state index is -0.568. The van der Waals surface area contributed by atoms with Gasteiger partial charge in [0, 0.05) is 48.8 Å². The summed E-state index contributed by atoms with van der Waals surface area (Å²) in [5.41, 5.74) is 3.02. The number of aliphatic hydroxyl groups is 1. The molecule has 0 radical (unpaired) electrons. The van der Waals surface area contributed by atoms with Crippen LogP contribution in [0.1, 0.15) is 5.82 Å². The summed E-state index contributed by atoms with van der Waals surface area (Å²) in [4.78, 5) is 45.4. The first-order valence-corrected chi connectivity index (χ1v) is 12.2. The van der Waals surface area contributed by atoms with Gasteiger partial charge in [0.1, 0.15) is 17.8 Å². The molecule has 0 spiro atoms. The van der Waals surface area contributed by atoms with Crippen LogP contribution in [0.5, 0.6) is 0 Å². The van der Waals surface area contributed by atoms with E-state index in [0.29, 0.717) is 16.9 Å². The van der Waals surface area contributed by atoms with Crippen molar-refractivity contribution in [3.8, 4) is 11.3 Å². The molecule has 4 aromatic rings. The molecule has 11 heteroatoms. The Morgan fingerprint density at radius 2 is 1.84 bits per heavy atom. The van der Waals surface area contributed by atoms with Gasteiger partial charge in [0.05, 0.1) is 5.69 Å². The molecule has 1 saturated heterocycles. The zero-order valence-corrected chi connectivity index (χ0v) is 20.9. The second-order valence-electron chi connectivity index (χ2n) is 9.00. The van der Waals surface area contributed by atoms with Crippen LogP contribution in [0.25, 0.3) is 22.3 Å². The number of anilines is 4. The fraction of sp³-hybridized carbons (Fsp3) is 0.222. The Morgan fingerprint density at radius 3 is 2.55 bits per heavy atom. The highest BCUT2D eigenvalue weighted by Crippen LogP contribution is 2.28. The zero-order chi connectivity index (χ0) is 26.6. The Labute approximate surface area is 218 Å². The van der Waals surface area contributed by atoms with Gasteiger partial charge in [-0.05, 0) is 49.5 Å². The maximum absolute atomic E-state index is 12.9. The number of benzene rings is 2. The van der Waals surface area contributed by atoms with Crippen LogP contribution in [-0.4, -0.2) is 69.1 Å². The standard InChI is InChI=1S/C27H28N8O3/c1-3-22(37)28-19-6-4-5-17(15-19)24-23-25(30-21(16-36)31-26(23)38)33-27(32-24)29-18-7-9-20(10-8-18)35-13-11-34(2)12-14-35/h3-10,15,36H,1,11-14,16H2,2H3,(H,28,37)(H2,29,30,31,32,33,38). The number of aromatic nitrogens is 4. The molecule has 4 N–H and O–H groups in total. The van der Waals surface area contributed by atoms with Crippen molar-refractivity contribution in [2.45, 2.75) is 6.61 Å². The van der Waals surface area contributed by atoms with Gasteiger partial charge in [0.25, 0.3) is 5.56 Å². The molecular weight excluding hydrogens is 484 g/mol. The molecule has 1 aliphatic rings. The predicted molar refractivity (Wildman–Crippen MR) is 148 cm³/mol. The van der Waals surface area contributed by atoms with Crippen LogP contribution in [0.2, 0.25) is 0 Å². The van der Waals surface area contributed by atoms with Crippen molar-refractivity contribution in [2.75, 3.05) is 48.8 Å². The molecule has 0 atom stereocenters. The van der Waals surface area contributed by atoms with Crippen LogP contribution in [0.15, 0.2) is 66.0 Å². The third-order valence-electron chi connectivity index (χ3n) is 6.35. The Morgan fingerprint density at radius 1 is 1.08 bits per heavy atom. The summed E-state index contributed by atoms with van der Waals surface area (Å²) in [6.45, 7) is 7.03. The lowest BCUT2D eigenvalue weighted by molar-refractivity contribution is -0.111. The lowest BCUT2D eigenvalue weighted by Crippen LogP contribution is -2.44. The minimum Gasteiger partial charge on any atom is -0.388 e. The molecular formula is C27H28N8O3. The van der Waals surface area contributed by atoms with Crippen LogP contribution >= 0.6 is 0 Å². The first kappa shape index (κ1) is 25.1. The van der Waals surface area contributed by atoms with Crippen LogP contribution in [-0.2, 0) is 11.4 Å². The van der Waals surface area contributed by atoms with Crippen LogP contribution in [0.4, 0.5) is 23.0 Å². The van der Waals surface area contributed by atoms with Gasteiger partial charge in [-0.2, -0.15) is 9.97 Å². The highest BCUT2D eigenvalue weighted by Gasteiger charge is 2.17. The summed E-state index contributed by atoms with van der Waals surface area (Å²) in [6.07, 6.45) is 1.18. The third-order valence-corrected chi connectivity index (χ3v) is 6.35. The lowest BCUT2D eigenvalue weighted by Gasteiger charge is -2.34. The molecule has 2 aromatic carbocycles. The number of aliphatic hydroxyl groups excluding tert-OH is 1. The van der Waals surface area contributed by atoms with E-state index in [1.807, 2.05) is 12.1 Å². The smallest absolute Gasteiger partial charge is 0.284 e. The van der Waals surface area contributed by atoms with E-state index < -0.39 is 12.2 Å². The van der Waals surface area contributed by atoms with Gasteiger partial charge < -0.3 is 30.5 Å². The number of nitrogens with zero attached hydrogens (tertiary/aromatic N) is 5. The van der Waals surface area contributed by atoms with Crippen molar-refractivity contribution in [3.05, 3.63) is 77.4 Å². The van der Waals surface area contributed by atoms with Crippen molar-refractivity contribution in [3.63, 3.8) is 0 Å². The molecule has 0 aliphatic carbocycles. The Kier molecular flexibility index (Phi) is 7.11. The second kappa shape index (κ2) is 10.8. The van der Waals surface area contributed by atoms with Gasteiger partial charge in [0.2, 0.25) is 11.9 Å². The maximum atomic E-state index is 12.9. The van der Waals surface area contributed by atoms with Gasteiger partial charge in [-0.15, -0.1) is 0 Å². The summed E-state index contributed by atoms with van der Waals surface area (Å²) in [6, 6.07) is 15.0. The number of amides is 1. The molecule has 1 aliphatic heterocycles. The Hall–Kier alpha value is -4.61. The molecule has 2 aromatic heterocycles. The highest BCUT2D eigenvalue weighted by molar-refractivity contribution is 5.99. The number of hydrogen-bond donors (Lipinski definition) is 4. The van der Waals surface area contributed by atoms with Crippen molar-refractivity contribution in [2.24, 2.45) is 0 Å². The molecule has 1 fully saturated rings. The number of H-pyrrole nitrogens is 1. The first-order chi connectivity index (χ1) is 18.4. The number of rotatable bonds is 7. The van der Waals surface area contributed by atoms with Crippen molar-refractivity contribution < 1.29 is 9.90 Å². The molecule has 1 amide bonds. The predicted octanol–water partition coefficient (Wildman–Crippen LogP) is 2.49. The fourth-order valence-electron chi connectivity index (χ4n) is 4.32. The number of piperazine rings is 1. The van der Waals surface area contributed by atoms with E-state index in [2.05, 4.69) is 66.1 Å². The number of likely N-dealkylation sites (N-methyl/N-ethyl adjacent to an activating group) is 1. The van der Waals surface area contributed by atoms with Gasteiger partial charge in [-0.1, -0.05) is 18.7 Å². The van der Waals surface area contributed by atoms with E-state index in [1.54, 1.807) is 24.3 Å². The van der Waals surface area contributed by atoms with E-state index in [0.717, 1.165) is 37.6 Å². The molecule has 3 heterocycles. The van der Waals surface area contributed by atoms with Gasteiger partial charge >= 0.3 is 0 Å². The zero-order valence-electron chi connectivity index (χ0n) is 20.9. The molecule has 11 nitrogen and oxygen atoms in total. The van der Waals surface area contributed by atoms with Crippen molar-refractivity contribution in [1.82, 2.24) is 24.8 Å². The minimum absolute atomic E-state index is 0.0987. The normalized spacial score (nSPS) is 13.9. The largest absolute Gasteiger partial charge is 0.388 e. The number of fused-ring (bicyclic) bond motifs is 1. The SMILES string of the molecule is C=CC(=O)Nc1cccc(-c2nc(Nc3ccc(N4CCN(C)CC4)cc3)nc3[nH]c(CO)nc(=O)c23)c1.